The van der Waals surface area contributed by atoms with Crippen molar-refractivity contribution >= 4 is 21.6 Å². The van der Waals surface area contributed by atoms with Crippen molar-refractivity contribution in [3.8, 4) is 10.4 Å². The summed E-state index contributed by atoms with van der Waals surface area (Å²) in [5.74, 6) is 0.712. The molecule has 146 valence electrons. The van der Waals surface area contributed by atoms with Gasteiger partial charge in [0.1, 0.15) is 10.7 Å². The van der Waals surface area contributed by atoms with Crippen molar-refractivity contribution in [3.05, 3.63) is 52.6 Å². The second kappa shape index (κ2) is 7.75. The second-order valence-corrected chi connectivity index (χ2v) is 8.38. The first kappa shape index (κ1) is 18.0. The summed E-state index contributed by atoms with van der Waals surface area (Å²) in [6.45, 7) is 2.90. The van der Waals surface area contributed by atoms with Crippen molar-refractivity contribution in [2.45, 2.75) is 38.1 Å². The molecule has 0 bridgehead atoms. The third-order valence-electron chi connectivity index (χ3n) is 5.49. The fraction of sp³-hybridized carbons (Fsp3) is 0.429. The van der Waals surface area contributed by atoms with E-state index in [4.69, 9.17) is 14.5 Å². The molecule has 2 fully saturated rings. The number of H-pyrrole nitrogens is 1. The molecule has 4 heterocycles. The Balaban J connectivity index is 1.43. The predicted octanol–water partition coefficient (Wildman–Crippen LogP) is 3.38. The van der Waals surface area contributed by atoms with Gasteiger partial charge in [-0.15, -0.1) is 11.3 Å². The average Bonchev–Trinajstić information content (AvgIpc) is 3.39. The summed E-state index contributed by atoms with van der Waals surface area (Å²) in [7, 11) is 0. The van der Waals surface area contributed by atoms with Gasteiger partial charge in [-0.05, 0) is 31.0 Å². The van der Waals surface area contributed by atoms with Crippen LogP contribution >= 0.6 is 11.3 Å². The molecule has 1 aromatic carbocycles. The van der Waals surface area contributed by atoms with Crippen LogP contribution in [0.5, 0.6) is 0 Å². The molecule has 0 amide bonds. The minimum absolute atomic E-state index is 0.0691. The minimum atomic E-state index is -0.165. The molecule has 3 aromatic rings. The molecule has 6 nitrogen and oxygen atoms in total. The van der Waals surface area contributed by atoms with E-state index in [1.54, 1.807) is 11.3 Å². The number of nitrogens with zero attached hydrogens (tertiary/aromatic N) is 2. The van der Waals surface area contributed by atoms with Gasteiger partial charge in [0.25, 0.3) is 5.56 Å². The topological polar surface area (TPSA) is 67.5 Å². The number of benzene rings is 1. The van der Waals surface area contributed by atoms with Crippen LogP contribution in [0.4, 0.5) is 0 Å². The van der Waals surface area contributed by atoms with E-state index in [9.17, 15) is 4.79 Å². The molecular formula is C21H23N3O3S. The van der Waals surface area contributed by atoms with Gasteiger partial charge in [-0.3, -0.25) is 9.69 Å². The Kier molecular flexibility index (Phi) is 4.98. The van der Waals surface area contributed by atoms with Crippen molar-refractivity contribution in [2.75, 3.05) is 19.8 Å². The zero-order valence-electron chi connectivity index (χ0n) is 15.6. The number of likely N-dealkylation sites (tertiary alicyclic amines) is 1. The molecule has 2 saturated heterocycles. The highest BCUT2D eigenvalue weighted by Gasteiger charge is 2.34. The summed E-state index contributed by atoms with van der Waals surface area (Å²) in [5, 5.41) is 0.658. The average molecular weight is 398 g/mol. The van der Waals surface area contributed by atoms with Crippen molar-refractivity contribution < 1.29 is 9.47 Å². The van der Waals surface area contributed by atoms with Crippen molar-refractivity contribution in [2.24, 2.45) is 0 Å². The highest BCUT2D eigenvalue weighted by Crippen LogP contribution is 2.31. The van der Waals surface area contributed by atoms with Gasteiger partial charge in [0.15, 0.2) is 6.29 Å². The van der Waals surface area contributed by atoms with Gasteiger partial charge in [0.2, 0.25) is 0 Å². The van der Waals surface area contributed by atoms with Crippen LogP contribution in [0.25, 0.3) is 20.7 Å². The lowest BCUT2D eigenvalue weighted by atomic mass is 10.0. The van der Waals surface area contributed by atoms with Crippen LogP contribution in [-0.4, -0.2) is 47.0 Å². The van der Waals surface area contributed by atoms with E-state index in [2.05, 4.69) is 22.0 Å². The Morgan fingerprint density at radius 1 is 1.18 bits per heavy atom. The summed E-state index contributed by atoms with van der Waals surface area (Å²) >= 11 is 1.57. The molecule has 0 spiro atoms. The van der Waals surface area contributed by atoms with Crippen molar-refractivity contribution in [1.82, 2.24) is 14.9 Å². The number of thiophene rings is 1. The van der Waals surface area contributed by atoms with E-state index in [0.29, 0.717) is 31.0 Å². The highest BCUT2D eigenvalue weighted by atomic mass is 32.1. The van der Waals surface area contributed by atoms with Crippen LogP contribution in [0.1, 0.15) is 25.1 Å². The van der Waals surface area contributed by atoms with Gasteiger partial charge in [-0.25, -0.2) is 4.98 Å². The molecule has 1 atom stereocenters. The van der Waals surface area contributed by atoms with Crippen molar-refractivity contribution in [3.63, 3.8) is 0 Å². The molecule has 0 radical (unpaired) electrons. The maximum atomic E-state index is 12.7. The first-order valence-corrected chi connectivity index (χ1v) is 10.6. The predicted molar refractivity (Wildman–Crippen MR) is 109 cm³/mol. The maximum absolute atomic E-state index is 12.7. The zero-order valence-corrected chi connectivity index (χ0v) is 16.4. The molecule has 7 heteroatoms. The van der Waals surface area contributed by atoms with Gasteiger partial charge >= 0.3 is 0 Å². The summed E-state index contributed by atoms with van der Waals surface area (Å²) in [4.78, 5) is 24.6. The van der Waals surface area contributed by atoms with Crippen LogP contribution in [0.2, 0.25) is 0 Å². The van der Waals surface area contributed by atoms with E-state index in [1.165, 1.54) is 6.42 Å². The number of hydrogen-bond donors (Lipinski definition) is 1. The Morgan fingerprint density at radius 2 is 2.00 bits per heavy atom. The fourth-order valence-corrected chi connectivity index (χ4v) is 5.16. The molecule has 0 saturated carbocycles. The second-order valence-electron chi connectivity index (χ2n) is 7.35. The van der Waals surface area contributed by atoms with E-state index < -0.39 is 0 Å². The number of piperidine rings is 1. The number of nitrogens with one attached hydrogen (secondary N) is 1. The first-order chi connectivity index (χ1) is 13.8. The van der Waals surface area contributed by atoms with Gasteiger partial charge in [0.05, 0.1) is 31.2 Å². The molecule has 2 aromatic heterocycles. The van der Waals surface area contributed by atoms with Gasteiger partial charge in [-0.2, -0.15) is 0 Å². The Hall–Kier alpha value is -2.06. The van der Waals surface area contributed by atoms with Gasteiger partial charge < -0.3 is 14.5 Å². The highest BCUT2D eigenvalue weighted by molar-refractivity contribution is 7.21. The quantitative estimate of drug-likeness (QED) is 0.731. The molecule has 5 rings (SSSR count). The number of rotatable bonds is 4. The molecule has 2 aliphatic heterocycles. The monoisotopic (exact) mass is 397 g/mol. The van der Waals surface area contributed by atoms with Crippen LogP contribution < -0.4 is 5.56 Å². The van der Waals surface area contributed by atoms with Crippen LogP contribution in [0.15, 0.2) is 41.2 Å². The molecule has 1 N–H and O–H groups in total. The number of fused-ring (bicyclic) bond motifs is 1. The number of ether oxygens (including phenoxy) is 2. The molecule has 0 aliphatic carbocycles. The Morgan fingerprint density at radius 3 is 2.82 bits per heavy atom. The molecule has 28 heavy (non-hydrogen) atoms. The number of aromatic amines is 1. The molecular weight excluding hydrogens is 374 g/mol. The lowest BCUT2D eigenvalue weighted by Crippen LogP contribution is -2.47. The lowest BCUT2D eigenvalue weighted by molar-refractivity contribution is -0.111. The smallest absolute Gasteiger partial charge is 0.259 e. The third-order valence-corrected chi connectivity index (χ3v) is 6.57. The molecule has 2 aliphatic rings. The summed E-state index contributed by atoms with van der Waals surface area (Å²) < 4.78 is 11.5. The van der Waals surface area contributed by atoms with E-state index in [0.717, 1.165) is 34.7 Å². The summed E-state index contributed by atoms with van der Waals surface area (Å²) in [5.41, 5.74) is 1.04. The van der Waals surface area contributed by atoms with Crippen molar-refractivity contribution in [1.29, 1.82) is 0 Å². The SMILES string of the molecule is O=c1[nH]c(CN2CCCCC2C2OCCO2)nc2sc(-c3ccccc3)cc12. The van der Waals surface area contributed by atoms with E-state index in [1.807, 2.05) is 24.3 Å². The van der Waals surface area contributed by atoms with Crippen LogP contribution in [0, 0.1) is 0 Å². The largest absolute Gasteiger partial charge is 0.349 e. The van der Waals surface area contributed by atoms with E-state index >= 15 is 0 Å². The summed E-state index contributed by atoms with van der Waals surface area (Å²) in [6.07, 6.45) is 3.21. The zero-order chi connectivity index (χ0) is 18.9. The number of hydrogen-bond acceptors (Lipinski definition) is 6. The van der Waals surface area contributed by atoms with Gasteiger partial charge in [0, 0.05) is 4.88 Å². The standard InChI is InChI=1S/C21H23N3O3S/c25-19-15-12-17(14-6-2-1-3-7-14)28-20(15)23-18(22-19)13-24-9-5-4-8-16(24)21-26-10-11-27-21/h1-3,6-7,12,16,21H,4-5,8-11,13H2,(H,22,23,25). The molecule has 1 unspecified atom stereocenters. The van der Waals surface area contributed by atoms with Crippen LogP contribution in [-0.2, 0) is 16.0 Å². The number of aromatic nitrogens is 2. The Labute approximate surface area is 167 Å². The van der Waals surface area contributed by atoms with Gasteiger partial charge in [-0.1, -0.05) is 36.8 Å². The maximum Gasteiger partial charge on any atom is 0.259 e. The normalized spacial score (nSPS) is 21.5. The van der Waals surface area contributed by atoms with Crippen LogP contribution in [0.3, 0.4) is 0 Å². The lowest BCUT2D eigenvalue weighted by Gasteiger charge is -2.37. The first-order valence-electron chi connectivity index (χ1n) is 9.83. The Bertz CT molecular complexity index is 1010. The summed E-state index contributed by atoms with van der Waals surface area (Å²) in [6, 6.07) is 12.3. The minimum Gasteiger partial charge on any atom is -0.349 e. The third kappa shape index (κ3) is 3.51. The van der Waals surface area contributed by atoms with E-state index in [-0.39, 0.29) is 17.9 Å². The fourth-order valence-electron chi connectivity index (χ4n) is 4.11.